The largest absolute Gasteiger partial charge is 0.395 e. The topological polar surface area (TPSA) is 61.7 Å². The lowest BCUT2D eigenvalue weighted by Gasteiger charge is -2.10. The summed E-state index contributed by atoms with van der Waals surface area (Å²) in [6, 6.07) is 0. The van der Waals surface area contributed by atoms with Crippen LogP contribution in [0.5, 0.6) is 0 Å². The Balaban J connectivity index is 3.14. The molecule has 0 aliphatic rings. The number of hydrogen-bond donors (Lipinski definition) is 3. The first-order valence-electron chi connectivity index (χ1n) is 4.49. The lowest BCUT2D eigenvalue weighted by molar-refractivity contribution is 0.0489. The lowest BCUT2D eigenvalue weighted by atomic mass is 10.4. The van der Waals surface area contributed by atoms with E-state index < -0.39 is 6.10 Å². The van der Waals surface area contributed by atoms with Crippen molar-refractivity contribution in [2.45, 2.75) is 13.0 Å². The number of hydrogen-bond acceptors (Lipinski definition) is 4. The minimum absolute atomic E-state index is 0.0894. The number of aliphatic hydroxyl groups excluding tert-OH is 2. The van der Waals surface area contributed by atoms with Crippen LogP contribution >= 0.6 is 0 Å². The molecule has 0 aromatic carbocycles. The van der Waals surface area contributed by atoms with Gasteiger partial charge in [-0.3, -0.25) is 0 Å². The highest BCUT2D eigenvalue weighted by molar-refractivity contribution is 4.76. The Morgan fingerprint density at radius 1 is 1.54 bits per heavy atom. The van der Waals surface area contributed by atoms with Crippen molar-refractivity contribution < 1.29 is 14.9 Å². The van der Waals surface area contributed by atoms with Crippen molar-refractivity contribution >= 4 is 0 Å². The molecule has 0 aromatic rings. The maximum absolute atomic E-state index is 9.28. The molecule has 0 aromatic heterocycles. The third kappa shape index (κ3) is 9.49. The van der Waals surface area contributed by atoms with E-state index >= 15 is 0 Å². The number of allylic oxidation sites excluding steroid dienone is 1. The van der Waals surface area contributed by atoms with Crippen molar-refractivity contribution in [2.24, 2.45) is 0 Å². The van der Waals surface area contributed by atoms with Crippen molar-refractivity contribution in [3.8, 4) is 0 Å². The van der Waals surface area contributed by atoms with Gasteiger partial charge in [0.25, 0.3) is 0 Å². The van der Waals surface area contributed by atoms with Gasteiger partial charge in [-0.2, -0.15) is 0 Å². The first-order valence-corrected chi connectivity index (χ1v) is 4.49. The number of aliphatic hydroxyl groups is 2. The van der Waals surface area contributed by atoms with E-state index in [1.54, 1.807) is 0 Å². The second-order valence-corrected chi connectivity index (χ2v) is 2.69. The SMILES string of the molecule is CC=CCOCC(O)CNCCO. The van der Waals surface area contributed by atoms with E-state index in [1.807, 2.05) is 19.1 Å². The molecule has 0 radical (unpaired) electrons. The minimum Gasteiger partial charge on any atom is -0.395 e. The second-order valence-electron chi connectivity index (χ2n) is 2.69. The molecule has 78 valence electrons. The van der Waals surface area contributed by atoms with Gasteiger partial charge in [0.05, 0.1) is 25.9 Å². The molecule has 0 aliphatic carbocycles. The Labute approximate surface area is 79.2 Å². The third-order valence-corrected chi connectivity index (χ3v) is 1.43. The molecule has 0 rings (SSSR count). The summed E-state index contributed by atoms with van der Waals surface area (Å²) in [7, 11) is 0. The van der Waals surface area contributed by atoms with Crippen LogP contribution in [-0.2, 0) is 4.74 Å². The fourth-order valence-corrected chi connectivity index (χ4v) is 0.775. The Hall–Kier alpha value is -0.420. The van der Waals surface area contributed by atoms with E-state index in [1.165, 1.54) is 0 Å². The monoisotopic (exact) mass is 189 g/mol. The van der Waals surface area contributed by atoms with E-state index in [4.69, 9.17) is 9.84 Å². The zero-order chi connectivity index (χ0) is 9.94. The zero-order valence-corrected chi connectivity index (χ0v) is 8.07. The molecule has 0 saturated carbocycles. The summed E-state index contributed by atoms with van der Waals surface area (Å²) >= 11 is 0. The average molecular weight is 189 g/mol. The van der Waals surface area contributed by atoms with Crippen LogP contribution < -0.4 is 5.32 Å². The fourth-order valence-electron chi connectivity index (χ4n) is 0.775. The van der Waals surface area contributed by atoms with E-state index in [-0.39, 0.29) is 6.61 Å². The second kappa shape index (κ2) is 9.67. The molecule has 0 aliphatic heterocycles. The van der Waals surface area contributed by atoms with Gasteiger partial charge in [0.1, 0.15) is 0 Å². The van der Waals surface area contributed by atoms with E-state index in [9.17, 15) is 5.11 Å². The molecular weight excluding hydrogens is 170 g/mol. The summed E-state index contributed by atoms with van der Waals surface area (Å²) < 4.78 is 5.13. The van der Waals surface area contributed by atoms with Crippen LogP contribution in [0, 0.1) is 0 Å². The van der Waals surface area contributed by atoms with E-state index in [2.05, 4.69) is 5.32 Å². The van der Waals surface area contributed by atoms with Gasteiger partial charge in [-0.05, 0) is 6.92 Å². The maximum Gasteiger partial charge on any atom is 0.0897 e. The van der Waals surface area contributed by atoms with Gasteiger partial charge in [0, 0.05) is 13.1 Å². The highest BCUT2D eigenvalue weighted by atomic mass is 16.5. The fraction of sp³-hybridized carbons (Fsp3) is 0.778. The normalized spacial score (nSPS) is 13.8. The van der Waals surface area contributed by atoms with Gasteiger partial charge in [-0.1, -0.05) is 12.2 Å². The Morgan fingerprint density at radius 3 is 2.92 bits per heavy atom. The minimum atomic E-state index is -0.503. The summed E-state index contributed by atoms with van der Waals surface area (Å²) in [6.45, 7) is 3.83. The Kier molecular flexibility index (Phi) is 9.35. The molecule has 1 unspecified atom stereocenters. The molecule has 0 saturated heterocycles. The van der Waals surface area contributed by atoms with Gasteiger partial charge < -0.3 is 20.3 Å². The summed E-state index contributed by atoms with van der Waals surface area (Å²) in [5, 5.41) is 20.6. The molecule has 13 heavy (non-hydrogen) atoms. The molecule has 3 N–H and O–H groups in total. The first kappa shape index (κ1) is 12.6. The summed E-state index contributed by atoms with van der Waals surface area (Å²) in [5.41, 5.74) is 0. The number of nitrogens with one attached hydrogen (secondary N) is 1. The Morgan fingerprint density at radius 2 is 2.31 bits per heavy atom. The molecule has 1 atom stereocenters. The van der Waals surface area contributed by atoms with Crippen LogP contribution in [0.4, 0.5) is 0 Å². The summed E-state index contributed by atoms with van der Waals surface area (Å²) in [6.07, 6.45) is 3.28. The van der Waals surface area contributed by atoms with Gasteiger partial charge in [-0.15, -0.1) is 0 Å². The maximum atomic E-state index is 9.28. The van der Waals surface area contributed by atoms with Crippen LogP contribution in [0.25, 0.3) is 0 Å². The highest BCUT2D eigenvalue weighted by Gasteiger charge is 2.01. The van der Waals surface area contributed by atoms with Gasteiger partial charge >= 0.3 is 0 Å². The standard InChI is InChI=1S/C9H19NO3/c1-2-3-6-13-8-9(12)7-10-4-5-11/h2-3,9-12H,4-8H2,1H3. The van der Waals surface area contributed by atoms with Crippen LogP contribution in [0.3, 0.4) is 0 Å². The predicted molar refractivity (Wildman–Crippen MR) is 51.6 cm³/mol. The number of ether oxygens (including phenoxy) is 1. The van der Waals surface area contributed by atoms with Gasteiger partial charge in [0.2, 0.25) is 0 Å². The summed E-state index contributed by atoms with van der Waals surface area (Å²) in [4.78, 5) is 0. The molecule has 0 heterocycles. The quantitative estimate of drug-likeness (QED) is 0.356. The average Bonchev–Trinajstić information content (AvgIpc) is 2.13. The molecule has 0 spiro atoms. The van der Waals surface area contributed by atoms with Gasteiger partial charge in [-0.25, -0.2) is 0 Å². The van der Waals surface area contributed by atoms with Crippen molar-refractivity contribution in [1.82, 2.24) is 5.32 Å². The van der Waals surface area contributed by atoms with E-state index in [0.717, 1.165) is 0 Å². The zero-order valence-electron chi connectivity index (χ0n) is 8.07. The van der Waals surface area contributed by atoms with Crippen LogP contribution in [-0.4, -0.2) is 49.2 Å². The van der Waals surface area contributed by atoms with Crippen LogP contribution in [0.1, 0.15) is 6.92 Å². The first-order chi connectivity index (χ1) is 6.31. The van der Waals surface area contributed by atoms with E-state index in [0.29, 0.717) is 26.3 Å². The third-order valence-electron chi connectivity index (χ3n) is 1.43. The van der Waals surface area contributed by atoms with Crippen LogP contribution in [0.15, 0.2) is 12.2 Å². The molecule has 0 bridgehead atoms. The van der Waals surface area contributed by atoms with Crippen molar-refractivity contribution in [3.63, 3.8) is 0 Å². The summed E-state index contributed by atoms with van der Waals surface area (Å²) in [5.74, 6) is 0. The predicted octanol–water partition coefficient (Wildman–Crippen LogP) is -0.478. The molecule has 0 fully saturated rings. The van der Waals surface area contributed by atoms with Crippen molar-refractivity contribution in [1.29, 1.82) is 0 Å². The smallest absolute Gasteiger partial charge is 0.0897 e. The lowest BCUT2D eigenvalue weighted by Crippen LogP contribution is -2.32. The van der Waals surface area contributed by atoms with Gasteiger partial charge in [0.15, 0.2) is 0 Å². The molecule has 4 nitrogen and oxygen atoms in total. The molecule has 4 heteroatoms. The molecule has 0 amide bonds. The Bertz CT molecular complexity index is 128. The highest BCUT2D eigenvalue weighted by Crippen LogP contribution is 1.84. The van der Waals surface area contributed by atoms with Crippen molar-refractivity contribution in [2.75, 3.05) is 32.9 Å². The van der Waals surface area contributed by atoms with Crippen molar-refractivity contribution in [3.05, 3.63) is 12.2 Å². The van der Waals surface area contributed by atoms with Crippen LogP contribution in [0.2, 0.25) is 0 Å². The number of rotatable bonds is 8. The molecular formula is C9H19NO3.